The van der Waals surface area contributed by atoms with E-state index in [4.69, 9.17) is 4.74 Å². The zero-order valence-corrected chi connectivity index (χ0v) is 7.41. The topological polar surface area (TPSA) is 49.4 Å². The predicted octanol–water partition coefficient (Wildman–Crippen LogP) is -1.40. The minimum absolute atomic E-state index is 0.125. The van der Waals surface area contributed by atoms with Crippen molar-refractivity contribution in [1.29, 1.82) is 0 Å². The number of carboxylic acids is 1. The third-order valence-electron chi connectivity index (χ3n) is 2.56. The molecule has 1 saturated heterocycles. The van der Waals surface area contributed by atoms with Gasteiger partial charge < -0.3 is 19.1 Å². The van der Waals surface area contributed by atoms with Gasteiger partial charge in [-0.05, 0) is 6.92 Å². The Morgan fingerprint density at radius 2 is 2.08 bits per heavy atom. The van der Waals surface area contributed by atoms with E-state index in [1.54, 1.807) is 0 Å². The van der Waals surface area contributed by atoms with Crippen molar-refractivity contribution in [2.45, 2.75) is 6.92 Å². The van der Waals surface area contributed by atoms with Crippen molar-refractivity contribution in [3.63, 3.8) is 0 Å². The minimum atomic E-state index is -0.959. The second kappa shape index (κ2) is 3.87. The third kappa shape index (κ3) is 2.19. The summed E-state index contributed by atoms with van der Waals surface area (Å²) < 4.78 is 5.79. The fourth-order valence-electron chi connectivity index (χ4n) is 1.59. The van der Waals surface area contributed by atoms with Crippen LogP contribution in [-0.2, 0) is 9.53 Å². The lowest BCUT2D eigenvalue weighted by Crippen LogP contribution is -2.59. The Balaban J connectivity index is 2.53. The minimum Gasteiger partial charge on any atom is -0.544 e. The molecule has 4 heteroatoms. The number of hydrogen-bond donors (Lipinski definition) is 0. The Labute approximate surface area is 72.3 Å². The molecule has 0 aromatic heterocycles. The lowest BCUT2D eigenvalue weighted by atomic mass is 10.3. The fourth-order valence-corrected chi connectivity index (χ4v) is 1.59. The Hall–Kier alpha value is -0.610. The van der Waals surface area contributed by atoms with Crippen LogP contribution in [0.1, 0.15) is 6.92 Å². The van der Waals surface area contributed by atoms with Crippen LogP contribution in [0.2, 0.25) is 0 Å². The van der Waals surface area contributed by atoms with Crippen LogP contribution in [0.5, 0.6) is 0 Å². The SMILES string of the molecule is CC[N+]1(CC(=O)[O-])CCOCC1. The molecule has 0 aromatic rings. The standard InChI is InChI=1S/C8H15NO3/c1-2-9(7-8(10)11)3-5-12-6-4-9/h2-7H2,1H3. The van der Waals surface area contributed by atoms with Gasteiger partial charge in [0.2, 0.25) is 0 Å². The number of aliphatic carboxylic acids is 1. The highest BCUT2D eigenvalue weighted by Crippen LogP contribution is 2.09. The third-order valence-corrected chi connectivity index (χ3v) is 2.56. The van der Waals surface area contributed by atoms with Gasteiger partial charge in [-0.25, -0.2) is 0 Å². The van der Waals surface area contributed by atoms with Crippen molar-refractivity contribution in [3.8, 4) is 0 Å². The molecule has 1 aliphatic rings. The predicted molar refractivity (Wildman–Crippen MR) is 41.2 cm³/mol. The van der Waals surface area contributed by atoms with Crippen molar-refractivity contribution < 1.29 is 19.1 Å². The Bertz CT molecular complexity index is 164. The lowest BCUT2D eigenvalue weighted by Gasteiger charge is -2.40. The van der Waals surface area contributed by atoms with Crippen molar-refractivity contribution >= 4 is 5.97 Å². The number of carbonyl (C=O) groups excluding carboxylic acids is 1. The molecule has 1 rings (SSSR count). The van der Waals surface area contributed by atoms with Crippen molar-refractivity contribution in [1.82, 2.24) is 0 Å². The first-order chi connectivity index (χ1) is 5.68. The molecule has 0 atom stereocenters. The van der Waals surface area contributed by atoms with Crippen LogP contribution in [0.4, 0.5) is 0 Å². The smallest absolute Gasteiger partial charge is 0.119 e. The average Bonchev–Trinajstić information content (AvgIpc) is 2.05. The van der Waals surface area contributed by atoms with Crippen molar-refractivity contribution in [3.05, 3.63) is 0 Å². The van der Waals surface area contributed by atoms with E-state index >= 15 is 0 Å². The highest BCUT2D eigenvalue weighted by molar-refractivity contribution is 5.65. The molecule has 0 unspecified atom stereocenters. The van der Waals surface area contributed by atoms with E-state index in [1.807, 2.05) is 6.92 Å². The molecule has 0 saturated carbocycles. The molecule has 1 aliphatic heterocycles. The van der Waals surface area contributed by atoms with Gasteiger partial charge in [0.15, 0.2) is 0 Å². The summed E-state index contributed by atoms with van der Waals surface area (Å²) in [5.41, 5.74) is 0. The van der Waals surface area contributed by atoms with Crippen LogP contribution in [0.15, 0.2) is 0 Å². The Morgan fingerprint density at radius 1 is 1.50 bits per heavy atom. The quantitative estimate of drug-likeness (QED) is 0.493. The van der Waals surface area contributed by atoms with E-state index in [0.717, 1.165) is 19.6 Å². The van der Waals surface area contributed by atoms with Gasteiger partial charge in [0, 0.05) is 0 Å². The first-order valence-electron chi connectivity index (χ1n) is 4.31. The monoisotopic (exact) mass is 173 g/mol. The number of rotatable bonds is 3. The summed E-state index contributed by atoms with van der Waals surface area (Å²) in [7, 11) is 0. The maximum absolute atomic E-state index is 10.5. The first kappa shape index (κ1) is 9.48. The van der Waals surface area contributed by atoms with E-state index in [0.29, 0.717) is 17.7 Å². The van der Waals surface area contributed by atoms with E-state index in [9.17, 15) is 9.90 Å². The maximum Gasteiger partial charge on any atom is 0.119 e. The van der Waals surface area contributed by atoms with Crippen LogP contribution < -0.4 is 5.11 Å². The summed E-state index contributed by atoms with van der Waals surface area (Å²) in [4.78, 5) is 10.5. The number of carbonyl (C=O) groups is 1. The van der Waals surface area contributed by atoms with E-state index in [-0.39, 0.29) is 6.54 Å². The van der Waals surface area contributed by atoms with Gasteiger partial charge in [-0.3, -0.25) is 0 Å². The number of likely N-dealkylation sites (N-methyl/N-ethyl adjacent to an activating group) is 1. The fraction of sp³-hybridized carbons (Fsp3) is 0.875. The van der Waals surface area contributed by atoms with Crippen molar-refractivity contribution in [2.75, 3.05) is 39.4 Å². The highest BCUT2D eigenvalue weighted by atomic mass is 16.5. The number of nitrogens with zero attached hydrogens (tertiary/aromatic N) is 1. The summed E-state index contributed by atoms with van der Waals surface area (Å²) >= 11 is 0. The molecule has 4 nitrogen and oxygen atoms in total. The van der Waals surface area contributed by atoms with Crippen LogP contribution in [0.25, 0.3) is 0 Å². The number of hydrogen-bond acceptors (Lipinski definition) is 3. The lowest BCUT2D eigenvalue weighted by molar-refractivity contribution is -0.928. The summed E-state index contributed by atoms with van der Waals surface area (Å²) in [5, 5.41) is 10.5. The average molecular weight is 173 g/mol. The molecule has 0 aliphatic carbocycles. The Morgan fingerprint density at radius 3 is 2.50 bits per heavy atom. The van der Waals surface area contributed by atoms with E-state index < -0.39 is 5.97 Å². The molecule has 0 spiro atoms. The van der Waals surface area contributed by atoms with Crippen LogP contribution in [0.3, 0.4) is 0 Å². The number of ether oxygens (including phenoxy) is 1. The molecular weight excluding hydrogens is 158 g/mol. The van der Waals surface area contributed by atoms with Gasteiger partial charge in [-0.15, -0.1) is 0 Å². The van der Waals surface area contributed by atoms with Crippen LogP contribution in [0, 0.1) is 0 Å². The van der Waals surface area contributed by atoms with Gasteiger partial charge in [0.1, 0.15) is 19.6 Å². The van der Waals surface area contributed by atoms with Gasteiger partial charge in [0.05, 0.1) is 25.7 Å². The van der Waals surface area contributed by atoms with Crippen LogP contribution in [-0.4, -0.2) is 49.8 Å². The molecule has 0 N–H and O–H groups in total. The number of quaternary nitrogens is 1. The first-order valence-corrected chi connectivity index (χ1v) is 4.31. The second-order valence-corrected chi connectivity index (χ2v) is 3.25. The second-order valence-electron chi connectivity index (χ2n) is 3.25. The summed E-state index contributed by atoms with van der Waals surface area (Å²) in [6.45, 7) is 5.91. The molecule has 70 valence electrons. The molecule has 1 heterocycles. The molecule has 1 fully saturated rings. The summed E-state index contributed by atoms with van der Waals surface area (Å²) in [6, 6.07) is 0. The number of carboxylic acid groups (broad SMARTS) is 1. The molecule has 0 amide bonds. The summed E-state index contributed by atoms with van der Waals surface area (Å²) in [5.74, 6) is -0.959. The van der Waals surface area contributed by atoms with E-state index in [1.165, 1.54) is 0 Å². The zero-order valence-electron chi connectivity index (χ0n) is 7.41. The normalized spacial score (nSPS) is 22.1. The van der Waals surface area contributed by atoms with E-state index in [2.05, 4.69) is 0 Å². The van der Waals surface area contributed by atoms with Crippen molar-refractivity contribution in [2.24, 2.45) is 0 Å². The molecule has 0 bridgehead atoms. The van der Waals surface area contributed by atoms with Gasteiger partial charge in [-0.1, -0.05) is 0 Å². The number of morpholine rings is 1. The Kier molecular flexibility index (Phi) is 3.05. The largest absolute Gasteiger partial charge is 0.544 e. The van der Waals surface area contributed by atoms with Gasteiger partial charge in [0.25, 0.3) is 0 Å². The van der Waals surface area contributed by atoms with Crippen LogP contribution >= 0.6 is 0 Å². The zero-order chi connectivity index (χ0) is 9.03. The maximum atomic E-state index is 10.5. The molecule has 0 aromatic carbocycles. The molecule has 0 radical (unpaired) electrons. The van der Waals surface area contributed by atoms with Gasteiger partial charge in [-0.2, -0.15) is 0 Å². The molecule has 12 heavy (non-hydrogen) atoms. The van der Waals surface area contributed by atoms with Gasteiger partial charge >= 0.3 is 0 Å². The summed E-state index contributed by atoms with van der Waals surface area (Å²) in [6.07, 6.45) is 0. The molecular formula is C8H15NO3. The highest BCUT2D eigenvalue weighted by Gasteiger charge is 2.28.